The van der Waals surface area contributed by atoms with E-state index in [2.05, 4.69) is 9.80 Å². The summed E-state index contributed by atoms with van der Waals surface area (Å²) in [6, 6.07) is 3.27. The van der Waals surface area contributed by atoms with Gasteiger partial charge in [-0.15, -0.1) is 0 Å². The standard InChI is InChI=1S/C14H19N3O4/c1-11-9-13(17(19)20)14(21-2)10-12(11)16-5-3-15(4-6-16)7-8-18/h8-10H,3-7H2,1-2H3. The van der Waals surface area contributed by atoms with Gasteiger partial charge in [-0.05, 0) is 12.5 Å². The second-order valence-electron chi connectivity index (χ2n) is 5.02. The molecule has 1 aromatic carbocycles. The summed E-state index contributed by atoms with van der Waals surface area (Å²) in [7, 11) is 1.43. The van der Waals surface area contributed by atoms with Gasteiger partial charge in [0, 0.05) is 44.0 Å². The first-order valence-corrected chi connectivity index (χ1v) is 6.80. The summed E-state index contributed by atoms with van der Waals surface area (Å²) in [5, 5.41) is 11.0. The molecule has 114 valence electrons. The maximum atomic E-state index is 11.0. The maximum Gasteiger partial charge on any atom is 0.311 e. The molecule has 21 heavy (non-hydrogen) atoms. The fraction of sp³-hybridized carbons (Fsp3) is 0.500. The predicted molar refractivity (Wildman–Crippen MR) is 79.1 cm³/mol. The molecular formula is C14H19N3O4. The Balaban J connectivity index is 2.21. The summed E-state index contributed by atoms with van der Waals surface area (Å²) in [6.07, 6.45) is 0.913. The number of aldehydes is 1. The zero-order chi connectivity index (χ0) is 15.4. The van der Waals surface area contributed by atoms with Crippen LogP contribution in [0.25, 0.3) is 0 Å². The fourth-order valence-corrected chi connectivity index (χ4v) is 2.59. The van der Waals surface area contributed by atoms with E-state index in [9.17, 15) is 14.9 Å². The van der Waals surface area contributed by atoms with Crippen LogP contribution in [0.2, 0.25) is 0 Å². The van der Waals surface area contributed by atoms with Crippen LogP contribution in [0.5, 0.6) is 5.75 Å². The van der Waals surface area contributed by atoms with Gasteiger partial charge in [0.25, 0.3) is 0 Å². The van der Waals surface area contributed by atoms with Gasteiger partial charge >= 0.3 is 5.69 Å². The number of nitro benzene ring substituents is 1. The molecule has 0 spiro atoms. The third-order valence-electron chi connectivity index (χ3n) is 3.74. The van der Waals surface area contributed by atoms with Gasteiger partial charge in [-0.1, -0.05) is 0 Å². The minimum absolute atomic E-state index is 0.0154. The van der Waals surface area contributed by atoms with Crippen molar-refractivity contribution < 1.29 is 14.5 Å². The number of benzene rings is 1. The van der Waals surface area contributed by atoms with Crippen LogP contribution in [-0.4, -0.2) is 55.9 Å². The van der Waals surface area contributed by atoms with Crippen molar-refractivity contribution in [2.75, 3.05) is 44.7 Å². The lowest BCUT2D eigenvalue weighted by atomic mass is 10.1. The molecule has 0 N–H and O–H groups in total. The van der Waals surface area contributed by atoms with Crippen LogP contribution in [-0.2, 0) is 4.79 Å². The van der Waals surface area contributed by atoms with E-state index in [-0.39, 0.29) is 11.4 Å². The van der Waals surface area contributed by atoms with Crippen LogP contribution < -0.4 is 9.64 Å². The second kappa shape index (κ2) is 6.53. The summed E-state index contributed by atoms with van der Waals surface area (Å²) in [5.41, 5.74) is 1.79. The number of nitro groups is 1. The third kappa shape index (κ3) is 3.30. The van der Waals surface area contributed by atoms with Crippen LogP contribution in [0.1, 0.15) is 5.56 Å². The molecule has 1 fully saturated rings. The van der Waals surface area contributed by atoms with E-state index >= 15 is 0 Å². The molecule has 2 rings (SSSR count). The van der Waals surface area contributed by atoms with Crippen LogP contribution in [0, 0.1) is 17.0 Å². The van der Waals surface area contributed by atoms with E-state index in [4.69, 9.17) is 4.74 Å². The fourth-order valence-electron chi connectivity index (χ4n) is 2.59. The predicted octanol–water partition coefficient (Wildman–Crippen LogP) is 1.23. The number of piperazine rings is 1. The summed E-state index contributed by atoms with van der Waals surface area (Å²) in [5.74, 6) is 0.274. The second-order valence-corrected chi connectivity index (χ2v) is 5.02. The van der Waals surface area contributed by atoms with E-state index in [1.54, 1.807) is 12.1 Å². The van der Waals surface area contributed by atoms with Crippen LogP contribution in [0.4, 0.5) is 11.4 Å². The Morgan fingerprint density at radius 3 is 2.52 bits per heavy atom. The van der Waals surface area contributed by atoms with E-state index in [1.807, 2.05) is 6.92 Å². The molecule has 0 amide bonds. The van der Waals surface area contributed by atoms with Gasteiger partial charge in [-0.2, -0.15) is 0 Å². The molecule has 0 bridgehead atoms. The Kier molecular flexibility index (Phi) is 4.74. The van der Waals surface area contributed by atoms with E-state index in [0.29, 0.717) is 6.54 Å². The maximum absolute atomic E-state index is 11.0. The highest BCUT2D eigenvalue weighted by atomic mass is 16.6. The average Bonchev–Trinajstić information content (AvgIpc) is 2.48. The molecule has 1 heterocycles. The molecule has 7 heteroatoms. The Morgan fingerprint density at radius 2 is 2.00 bits per heavy atom. The molecule has 7 nitrogen and oxygen atoms in total. The van der Waals surface area contributed by atoms with E-state index in [1.165, 1.54) is 7.11 Å². The molecule has 0 aliphatic carbocycles. The van der Waals surface area contributed by atoms with Crippen molar-refractivity contribution >= 4 is 17.7 Å². The van der Waals surface area contributed by atoms with Crippen molar-refractivity contribution in [3.8, 4) is 5.75 Å². The Labute approximate surface area is 123 Å². The lowest BCUT2D eigenvalue weighted by Crippen LogP contribution is -2.47. The van der Waals surface area contributed by atoms with Gasteiger partial charge in [0.05, 0.1) is 18.6 Å². The largest absolute Gasteiger partial charge is 0.490 e. The molecule has 0 radical (unpaired) electrons. The van der Waals surface area contributed by atoms with Gasteiger partial charge < -0.3 is 14.4 Å². The topological polar surface area (TPSA) is 75.9 Å². The van der Waals surface area contributed by atoms with Gasteiger partial charge in [-0.25, -0.2) is 0 Å². The molecule has 0 unspecified atom stereocenters. The van der Waals surface area contributed by atoms with Crippen molar-refractivity contribution in [2.45, 2.75) is 6.92 Å². The smallest absolute Gasteiger partial charge is 0.311 e. The van der Waals surface area contributed by atoms with Gasteiger partial charge in [0.2, 0.25) is 0 Å². The number of hydrogen-bond donors (Lipinski definition) is 0. The summed E-state index contributed by atoms with van der Waals surface area (Å²) >= 11 is 0. The minimum Gasteiger partial charge on any atom is -0.490 e. The summed E-state index contributed by atoms with van der Waals surface area (Å²) in [6.45, 7) is 5.50. The highest BCUT2D eigenvalue weighted by Gasteiger charge is 2.22. The zero-order valence-corrected chi connectivity index (χ0v) is 12.2. The van der Waals surface area contributed by atoms with Crippen LogP contribution >= 0.6 is 0 Å². The average molecular weight is 293 g/mol. The Hall–Kier alpha value is -2.15. The highest BCUT2D eigenvalue weighted by molar-refractivity contribution is 5.64. The quantitative estimate of drug-likeness (QED) is 0.462. The zero-order valence-electron chi connectivity index (χ0n) is 12.2. The lowest BCUT2D eigenvalue weighted by molar-refractivity contribution is -0.385. The van der Waals surface area contributed by atoms with Crippen molar-refractivity contribution in [2.24, 2.45) is 0 Å². The van der Waals surface area contributed by atoms with E-state index < -0.39 is 4.92 Å². The molecule has 0 saturated carbocycles. The number of hydrogen-bond acceptors (Lipinski definition) is 6. The molecule has 0 aromatic heterocycles. The molecule has 1 saturated heterocycles. The van der Waals surface area contributed by atoms with E-state index in [0.717, 1.165) is 43.7 Å². The molecular weight excluding hydrogens is 274 g/mol. The first-order valence-electron chi connectivity index (χ1n) is 6.80. The Morgan fingerprint density at radius 1 is 1.33 bits per heavy atom. The number of ether oxygens (including phenoxy) is 1. The first kappa shape index (κ1) is 15.2. The molecule has 1 aliphatic rings. The molecule has 1 aromatic rings. The third-order valence-corrected chi connectivity index (χ3v) is 3.74. The van der Waals surface area contributed by atoms with Gasteiger partial charge in [0.15, 0.2) is 5.75 Å². The first-order chi connectivity index (χ1) is 10.1. The van der Waals surface area contributed by atoms with Gasteiger partial charge in [0.1, 0.15) is 6.29 Å². The number of methoxy groups -OCH3 is 1. The number of carbonyl (C=O) groups excluding carboxylic acids is 1. The number of anilines is 1. The van der Waals surface area contributed by atoms with Gasteiger partial charge in [-0.3, -0.25) is 15.0 Å². The van der Waals surface area contributed by atoms with Crippen molar-refractivity contribution in [1.82, 2.24) is 4.90 Å². The number of rotatable bonds is 5. The SMILES string of the molecule is COc1cc(N2CCN(CC=O)CC2)c(C)cc1[N+](=O)[O-]. The van der Waals surface area contributed by atoms with Crippen molar-refractivity contribution in [3.05, 3.63) is 27.8 Å². The number of carbonyl (C=O) groups is 1. The monoisotopic (exact) mass is 293 g/mol. The highest BCUT2D eigenvalue weighted by Crippen LogP contribution is 2.34. The number of aryl methyl sites for hydroxylation is 1. The number of nitrogens with zero attached hydrogens (tertiary/aromatic N) is 3. The molecule has 1 aliphatic heterocycles. The normalized spacial score (nSPS) is 15.8. The van der Waals surface area contributed by atoms with Crippen molar-refractivity contribution in [3.63, 3.8) is 0 Å². The van der Waals surface area contributed by atoms with Crippen LogP contribution in [0.3, 0.4) is 0 Å². The molecule has 0 atom stereocenters. The lowest BCUT2D eigenvalue weighted by Gasteiger charge is -2.36. The minimum atomic E-state index is -0.433. The summed E-state index contributed by atoms with van der Waals surface area (Å²) < 4.78 is 5.13. The van der Waals surface area contributed by atoms with Crippen LogP contribution in [0.15, 0.2) is 12.1 Å². The van der Waals surface area contributed by atoms with Crippen molar-refractivity contribution in [1.29, 1.82) is 0 Å². The summed E-state index contributed by atoms with van der Waals surface area (Å²) in [4.78, 5) is 25.4. The Bertz CT molecular complexity index is 539.